The summed E-state index contributed by atoms with van der Waals surface area (Å²) in [5, 5.41) is 3.53. The summed E-state index contributed by atoms with van der Waals surface area (Å²) in [6.45, 7) is 3.05. The van der Waals surface area contributed by atoms with Gasteiger partial charge in [0.15, 0.2) is 16.9 Å². The molecule has 0 atom stereocenters. The first-order valence-corrected chi connectivity index (χ1v) is 9.59. The van der Waals surface area contributed by atoms with Crippen molar-refractivity contribution in [2.24, 2.45) is 0 Å². The van der Waals surface area contributed by atoms with Crippen molar-refractivity contribution in [3.05, 3.63) is 46.4 Å². The highest BCUT2D eigenvalue weighted by Crippen LogP contribution is 2.43. The Morgan fingerprint density at radius 3 is 2.40 bits per heavy atom. The zero-order chi connectivity index (χ0) is 21.3. The number of nitrogens with zero attached hydrogens (tertiary/aromatic N) is 1. The SMILES string of the molecule is COc1cc2oc(-c3ccc(F)cc3N3CCNCC3)cc(=O)c2c(OC)c1OC. The van der Waals surface area contributed by atoms with Crippen LogP contribution in [0.25, 0.3) is 22.3 Å². The molecule has 0 bridgehead atoms. The van der Waals surface area contributed by atoms with Crippen LogP contribution in [-0.2, 0) is 0 Å². The minimum Gasteiger partial charge on any atom is -0.493 e. The predicted molar refractivity (Wildman–Crippen MR) is 113 cm³/mol. The van der Waals surface area contributed by atoms with Gasteiger partial charge in [-0.3, -0.25) is 4.79 Å². The number of piperazine rings is 1. The summed E-state index contributed by atoms with van der Waals surface area (Å²) in [6, 6.07) is 7.46. The van der Waals surface area contributed by atoms with Gasteiger partial charge in [-0.15, -0.1) is 0 Å². The number of halogens is 1. The van der Waals surface area contributed by atoms with Gasteiger partial charge in [0.05, 0.1) is 27.0 Å². The Morgan fingerprint density at radius 2 is 1.73 bits per heavy atom. The lowest BCUT2D eigenvalue weighted by Crippen LogP contribution is -2.43. The standard InChI is InChI=1S/C22H23FN2O5/c1-27-19-12-18-20(22(29-3)21(19)28-2)16(26)11-17(30-18)14-5-4-13(23)10-15(14)25-8-6-24-7-9-25/h4-5,10-12,24H,6-9H2,1-3H3. The highest BCUT2D eigenvalue weighted by molar-refractivity contribution is 5.90. The van der Waals surface area contributed by atoms with Crippen molar-refractivity contribution in [1.82, 2.24) is 5.32 Å². The average Bonchev–Trinajstić information content (AvgIpc) is 2.78. The number of rotatable bonds is 5. The number of fused-ring (bicyclic) bond motifs is 1. The Bertz CT molecular complexity index is 1140. The second-order valence-electron chi connectivity index (χ2n) is 6.89. The first-order chi connectivity index (χ1) is 14.6. The Labute approximate surface area is 173 Å². The van der Waals surface area contributed by atoms with Crippen LogP contribution >= 0.6 is 0 Å². The number of hydrogen-bond acceptors (Lipinski definition) is 7. The van der Waals surface area contributed by atoms with Gasteiger partial charge in [-0.25, -0.2) is 4.39 Å². The molecule has 2 heterocycles. The summed E-state index contributed by atoms with van der Waals surface area (Å²) in [4.78, 5) is 15.1. The molecule has 1 fully saturated rings. The smallest absolute Gasteiger partial charge is 0.204 e. The van der Waals surface area contributed by atoms with Gasteiger partial charge in [0.25, 0.3) is 0 Å². The molecular formula is C22H23FN2O5. The van der Waals surface area contributed by atoms with Gasteiger partial charge in [0.2, 0.25) is 5.75 Å². The molecule has 4 rings (SSSR count). The third-order valence-electron chi connectivity index (χ3n) is 5.21. The zero-order valence-corrected chi connectivity index (χ0v) is 17.1. The Balaban J connectivity index is 1.94. The van der Waals surface area contributed by atoms with Crippen LogP contribution in [-0.4, -0.2) is 47.5 Å². The molecule has 158 valence electrons. The molecule has 1 aromatic heterocycles. The maximum Gasteiger partial charge on any atom is 0.204 e. The van der Waals surface area contributed by atoms with Crippen molar-refractivity contribution in [2.75, 3.05) is 52.4 Å². The maximum absolute atomic E-state index is 14.0. The van der Waals surface area contributed by atoms with Crippen molar-refractivity contribution in [3.8, 4) is 28.6 Å². The van der Waals surface area contributed by atoms with Gasteiger partial charge < -0.3 is 28.8 Å². The lowest BCUT2D eigenvalue weighted by molar-refractivity contribution is 0.326. The number of ether oxygens (including phenoxy) is 3. The molecule has 3 aromatic rings. The van der Waals surface area contributed by atoms with Crippen LogP contribution in [0.1, 0.15) is 0 Å². The van der Waals surface area contributed by atoms with Crippen molar-refractivity contribution in [1.29, 1.82) is 0 Å². The van der Waals surface area contributed by atoms with E-state index in [9.17, 15) is 9.18 Å². The summed E-state index contributed by atoms with van der Waals surface area (Å²) >= 11 is 0. The van der Waals surface area contributed by atoms with Crippen molar-refractivity contribution in [2.45, 2.75) is 0 Å². The molecule has 1 N–H and O–H groups in total. The fourth-order valence-corrected chi connectivity index (χ4v) is 3.80. The third-order valence-corrected chi connectivity index (χ3v) is 5.21. The number of hydrogen-bond donors (Lipinski definition) is 1. The summed E-state index contributed by atoms with van der Waals surface area (Å²) in [6.07, 6.45) is 0. The van der Waals surface area contributed by atoms with E-state index in [0.29, 0.717) is 34.1 Å². The summed E-state index contributed by atoms with van der Waals surface area (Å²) in [7, 11) is 4.42. The van der Waals surface area contributed by atoms with E-state index in [1.165, 1.54) is 39.5 Å². The fraction of sp³-hybridized carbons (Fsp3) is 0.318. The highest BCUT2D eigenvalue weighted by Gasteiger charge is 2.23. The molecule has 0 aliphatic carbocycles. The molecule has 7 nitrogen and oxygen atoms in total. The van der Waals surface area contributed by atoms with E-state index < -0.39 is 0 Å². The second kappa shape index (κ2) is 8.23. The average molecular weight is 414 g/mol. The topological polar surface area (TPSA) is 73.2 Å². The zero-order valence-electron chi connectivity index (χ0n) is 17.1. The van der Waals surface area contributed by atoms with Gasteiger partial charge in [0.1, 0.15) is 22.5 Å². The monoisotopic (exact) mass is 414 g/mol. The molecule has 2 aromatic carbocycles. The van der Waals surface area contributed by atoms with Crippen molar-refractivity contribution < 1.29 is 23.0 Å². The van der Waals surface area contributed by atoms with Crippen molar-refractivity contribution in [3.63, 3.8) is 0 Å². The van der Waals surface area contributed by atoms with Crippen LogP contribution in [0.15, 0.2) is 39.5 Å². The number of anilines is 1. The van der Waals surface area contributed by atoms with E-state index in [1.807, 2.05) is 0 Å². The molecule has 0 spiro atoms. The first kappa shape index (κ1) is 20.0. The van der Waals surface area contributed by atoms with E-state index in [-0.39, 0.29) is 22.4 Å². The molecular weight excluding hydrogens is 391 g/mol. The fourth-order valence-electron chi connectivity index (χ4n) is 3.80. The number of nitrogens with one attached hydrogen (secondary N) is 1. The second-order valence-corrected chi connectivity index (χ2v) is 6.89. The molecule has 1 saturated heterocycles. The molecule has 30 heavy (non-hydrogen) atoms. The number of benzene rings is 2. The van der Waals surface area contributed by atoms with Crippen LogP contribution in [0, 0.1) is 5.82 Å². The van der Waals surface area contributed by atoms with E-state index in [1.54, 1.807) is 12.1 Å². The van der Waals surface area contributed by atoms with Gasteiger partial charge in [-0.05, 0) is 18.2 Å². The Kier molecular flexibility index (Phi) is 5.50. The van der Waals surface area contributed by atoms with Gasteiger partial charge in [-0.2, -0.15) is 0 Å². The maximum atomic E-state index is 14.0. The van der Waals surface area contributed by atoms with E-state index >= 15 is 0 Å². The summed E-state index contributed by atoms with van der Waals surface area (Å²) in [5.74, 6) is 0.937. The van der Waals surface area contributed by atoms with Gasteiger partial charge in [0, 0.05) is 43.9 Å². The van der Waals surface area contributed by atoms with Gasteiger partial charge >= 0.3 is 0 Å². The van der Waals surface area contributed by atoms with Crippen LogP contribution in [0.4, 0.5) is 10.1 Å². The quantitative estimate of drug-likeness (QED) is 0.688. The minimum absolute atomic E-state index is 0.244. The van der Waals surface area contributed by atoms with E-state index in [4.69, 9.17) is 18.6 Å². The molecule has 0 radical (unpaired) electrons. The Hall–Kier alpha value is -3.26. The molecule has 0 amide bonds. The Morgan fingerprint density at radius 1 is 1.00 bits per heavy atom. The third kappa shape index (κ3) is 3.43. The lowest BCUT2D eigenvalue weighted by Gasteiger charge is -2.31. The molecule has 8 heteroatoms. The van der Waals surface area contributed by atoms with E-state index in [0.717, 1.165) is 26.2 Å². The molecule has 1 aliphatic rings. The molecule has 0 saturated carbocycles. The number of methoxy groups -OCH3 is 3. The van der Waals surface area contributed by atoms with Crippen LogP contribution in [0.5, 0.6) is 17.2 Å². The van der Waals surface area contributed by atoms with Crippen LogP contribution in [0.2, 0.25) is 0 Å². The summed E-state index contributed by atoms with van der Waals surface area (Å²) in [5.41, 5.74) is 1.33. The largest absolute Gasteiger partial charge is 0.493 e. The van der Waals surface area contributed by atoms with E-state index in [2.05, 4.69) is 10.2 Å². The first-order valence-electron chi connectivity index (χ1n) is 9.59. The van der Waals surface area contributed by atoms with Crippen molar-refractivity contribution >= 4 is 16.7 Å². The van der Waals surface area contributed by atoms with Crippen LogP contribution < -0.4 is 29.9 Å². The van der Waals surface area contributed by atoms with Crippen LogP contribution in [0.3, 0.4) is 0 Å². The summed E-state index contributed by atoms with van der Waals surface area (Å²) < 4.78 is 36.3. The van der Waals surface area contributed by atoms with Gasteiger partial charge in [-0.1, -0.05) is 0 Å². The molecule has 0 unspecified atom stereocenters. The predicted octanol–water partition coefficient (Wildman–Crippen LogP) is 3.03. The molecule has 1 aliphatic heterocycles. The minimum atomic E-state index is -0.344. The lowest BCUT2D eigenvalue weighted by atomic mass is 10.1. The normalized spacial score (nSPS) is 14.1. The highest BCUT2D eigenvalue weighted by atomic mass is 19.1.